The third-order valence-corrected chi connectivity index (χ3v) is 5.86. The summed E-state index contributed by atoms with van der Waals surface area (Å²) < 4.78 is 16.4. The molecule has 0 bridgehead atoms. The van der Waals surface area contributed by atoms with Gasteiger partial charge in [0.25, 0.3) is 5.91 Å². The SMILES string of the molecule is COc1cc(-c2cc(C(=O)NC[C@@H](C)c3ccccc3)c3ccccc3n2)cc(OC)c1OC. The molecule has 4 aromatic rings. The molecule has 174 valence electrons. The summed E-state index contributed by atoms with van der Waals surface area (Å²) in [7, 11) is 4.70. The van der Waals surface area contributed by atoms with Crippen LogP contribution in [0, 0.1) is 0 Å². The number of ether oxygens (including phenoxy) is 3. The molecule has 6 nitrogen and oxygen atoms in total. The highest BCUT2D eigenvalue weighted by Crippen LogP contribution is 2.41. The molecule has 0 spiro atoms. The van der Waals surface area contributed by atoms with Crippen molar-refractivity contribution in [2.24, 2.45) is 0 Å². The molecule has 0 unspecified atom stereocenters. The largest absolute Gasteiger partial charge is 0.493 e. The highest BCUT2D eigenvalue weighted by Gasteiger charge is 2.18. The summed E-state index contributed by atoms with van der Waals surface area (Å²) in [5, 5.41) is 3.89. The van der Waals surface area contributed by atoms with Crippen LogP contribution >= 0.6 is 0 Å². The molecule has 0 fully saturated rings. The van der Waals surface area contributed by atoms with Crippen molar-refractivity contribution in [3.8, 4) is 28.5 Å². The summed E-state index contributed by atoms with van der Waals surface area (Å²) in [5.41, 5.74) is 3.87. The van der Waals surface area contributed by atoms with E-state index in [1.807, 2.05) is 60.7 Å². The number of rotatable bonds is 8. The molecule has 0 aliphatic heterocycles. The average molecular weight is 457 g/mol. The molecule has 1 N–H and O–H groups in total. The first kappa shape index (κ1) is 23.1. The van der Waals surface area contributed by atoms with Gasteiger partial charge in [0, 0.05) is 17.5 Å². The van der Waals surface area contributed by atoms with E-state index < -0.39 is 0 Å². The number of hydrogen-bond acceptors (Lipinski definition) is 5. The monoisotopic (exact) mass is 456 g/mol. The van der Waals surface area contributed by atoms with Gasteiger partial charge in [-0.05, 0) is 35.7 Å². The van der Waals surface area contributed by atoms with Crippen LogP contribution in [0.25, 0.3) is 22.2 Å². The summed E-state index contributed by atoms with van der Waals surface area (Å²) in [5.74, 6) is 1.59. The van der Waals surface area contributed by atoms with Crippen molar-refractivity contribution in [3.05, 3.63) is 83.9 Å². The van der Waals surface area contributed by atoms with Crippen LogP contribution < -0.4 is 19.5 Å². The van der Waals surface area contributed by atoms with Crippen molar-refractivity contribution in [1.29, 1.82) is 0 Å². The predicted octanol–water partition coefficient (Wildman–Crippen LogP) is 5.46. The molecule has 1 heterocycles. The number of carbonyl (C=O) groups excluding carboxylic acids is 1. The van der Waals surface area contributed by atoms with Crippen molar-refractivity contribution in [2.45, 2.75) is 12.8 Å². The lowest BCUT2D eigenvalue weighted by Gasteiger charge is -2.16. The third kappa shape index (κ3) is 4.66. The van der Waals surface area contributed by atoms with Crippen LogP contribution in [0.5, 0.6) is 17.2 Å². The van der Waals surface area contributed by atoms with E-state index in [1.165, 1.54) is 5.56 Å². The Balaban J connectivity index is 1.72. The van der Waals surface area contributed by atoms with Crippen molar-refractivity contribution in [1.82, 2.24) is 10.3 Å². The van der Waals surface area contributed by atoms with Gasteiger partial charge in [-0.1, -0.05) is 55.5 Å². The van der Waals surface area contributed by atoms with E-state index in [9.17, 15) is 4.79 Å². The maximum absolute atomic E-state index is 13.3. The van der Waals surface area contributed by atoms with Crippen LogP contribution in [-0.4, -0.2) is 38.8 Å². The molecule has 1 amide bonds. The molecular formula is C28H28N2O4. The number of aromatic nitrogens is 1. The molecule has 0 radical (unpaired) electrons. The van der Waals surface area contributed by atoms with Gasteiger partial charge in [0.2, 0.25) is 5.75 Å². The number of hydrogen-bond donors (Lipinski definition) is 1. The Bertz CT molecular complexity index is 1280. The number of fused-ring (bicyclic) bond motifs is 1. The summed E-state index contributed by atoms with van der Waals surface area (Å²) in [6.07, 6.45) is 0. The molecule has 0 aliphatic rings. The Morgan fingerprint density at radius 1 is 0.882 bits per heavy atom. The van der Waals surface area contributed by atoms with Gasteiger partial charge in [0.15, 0.2) is 11.5 Å². The number of nitrogens with one attached hydrogen (secondary N) is 1. The van der Waals surface area contributed by atoms with Crippen molar-refractivity contribution in [3.63, 3.8) is 0 Å². The van der Waals surface area contributed by atoms with Gasteiger partial charge in [-0.2, -0.15) is 0 Å². The van der Waals surface area contributed by atoms with E-state index in [4.69, 9.17) is 19.2 Å². The minimum atomic E-state index is -0.143. The smallest absolute Gasteiger partial charge is 0.252 e. The fourth-order valence-electron chi connectivity index (χ4n) is 3.98. The molecule has 34 heavy (non-hydrogen) atoms. The zero-order valence-electron chi connectivity index (χ0n) is 19.8. The molecular weight excluding hydrogens is 428 g/mol. The lowest BCUT2D eigenvalue weighted by atomic mass is 10.0. The quantitative estimate of drug-likeness (QED) is 0.381. The number of para-hydroxylation sites is 1. The number of pyridine rings is 1. The van der Waals surface area contributed by atoms with Crippen LogP contribution in [0.15, 0.2) is 72.8 Å². The second-order valence-electron chi connectivity index (χ2n) is 8.01. The van der Waals surface area contributed by atoms with E-state index in [1.54, 1.807) is 21.3 Å². The van der Waals surface area contributed by atoms with Gasteiger partial charge in [-0.3, -0.25) is 4.79 Å². The Morgan fingerprint density at radius 2 is 1.53 bits per heavy atom. The third-order valence-electron chi connectivity index (χ3n) is 5.86. The molecule has 0 saturated heterocycles. The number of benzene rings is 3. The van der Waals surface area contributed by atoms with Crippen LogP contribution in [0.2, 0.25) is 0 Å². The van der Waals surface area contributed by atoms with Crippen LogP contribution in [0.3, 0.4) is 0 Å². The Labute approximate surface area is 199 Å². The standard InChI is InChI=1S/C28H28N2O4/c1-18(19-10-6-5-7-11-19)17-29-28(31)22-16-24(30-23-13-9-8-12-21(22)23)20-14-25(32-2)27(34-4)26(15-20)33-3/h5-16,18H,17H2,1-4H3,(H,29,31)/t18-/m1/s1. The molecule has 0 saturated carbocycles. The fraction of sp³-hybridized carbons (Fsp3) is 0.214. The molecule has 0 aliphatic carbocycles. The normalized spacial score (nSPS) is 11.6. The van der Waals surface area contributed by atoms with E-state index in [2.05, 4.69) is 24.4 Å². The van der Waals surface area contributed by atoms with Crippen LogP contribution in [0.4, 0.5) is 0 Å². The van der Waals surface area contributed by atoms with Gasteiger partial charge >= 0.3 is 0 Å². The van der Waals surface area contributed by atoms with Gasteiger partial charge in [0.1, 0.15) is 0 Å². The first-order valence-electron chi connectivity index (χ1n) is 11.1. The van der Waals surface area contributed by atoms with Crippen molar-refractivity contribution in [2.75, 3.05) is 27.9 Å². The second-order valence-corrected chi connectivity index (χ2v) is 8.01. The zero-order chi connectivity index (χ0) is 24.1. The van der Waals surface area contributed by atoms with E-state index >= 15 is 0 Å². The van der Waals surface area contributed by atoms with Gasteiger partial charge in [-0.15, -0.1) is 0 Å². The maximum Gasteiger partial charge on any atom is 0.252 e. The molecule has 3 aromatic carbocycles. The van der Waals surface area contributed by atoms with E-state index in [0.29, 0.717) is 35.1 Å². The summed E-state index contributed by atoms with van der Waals surface area (Å²) >= 11 is 0. The minimum Gasteiger partial charge on any atom is -0.493 e. The van der Waals surface area contributed by atoms with Crippen molar-refractivity contribution < 1.29 is 19.0 Å². The predicted molar refractivity (Wildman–Crippen MR) is 134 cm³/mol. The highest BCUT2D eigenvalue weighted by molar-refractivity contribution is 6.07. The lowest BCUT2D eigenvalue weighted by molar-refractivity contribution is 0.0953. The van der Waals surface area contributed by atoms with E-state index in [0.717, 1.165) is 16.5 Å². The van der Waals surface area contributed by atoms with Gasteiger partial charge < -0.3 is 19.5 Å². The second kappa shape index (κ2) is 10.3. The number of methoxy groups -OCH3 is 3. The number of nitrogens with zero attached hydrogens (tertiary/aromatic N) is 1. The fourth-order valence-corrected chi connectivity index (χ4v) is 3.98. The van der Waals surface area contributed by atoms with Gasteiger partial charge in [0.05, 0.1) is 38.1 Å². The Kier molecular flexibility index (Phi) is 6.97. The summed E-state index contributed by atoms with van der Waals surface area (Å²) in [4.78, 5) is 18.1. The number of carbonyl (C=O) groups is 1. The summed E-state index contributed by atoms with van der Waals surface area (Å²) in [6.45, 7) is 2.63. The number of amides is 1. The molecule has 1 atom stereocenters. The van der Waals surface area contributed by atoms with Crippen LogP contribution in [0.1, 0.15) is 28.8 Å². The minimum absolute atomic E-state index is 0.143. The Morgan fingerprint density at radius 3 is 2.18 bits per heavy atom. The lowest BCUT2D eigenvalue weighted by Crippen LogP contribution is -2.27. The first-order chi connectivity index (χ1) is 16.5. The first-order valence-corrected chi connectivity index (χ1v) is 11.1. The van der Waals surface area contributed by atoms with Gasteiger partial charge in [-0.25, -0.2) is 4.98 Å². The maximum atomic E-state index is 13.3. The zero-order valence-corrected chi connectivity index (χ0v) is 19.8. The molecule has 1 aromatic heterocycles. The van der Waals surface area contributed by atoms with Crippen molar-refractivity contribution >= 4 is 16.8 Å². The average Bonchev–Trinajstić information content (AvgIpc) is 2.90. The Hall–Kier alpha value is -4.06. The van der Waals surface area contributed by atoms with E-state index in [-0.39, 0.29) is 11.8 Å². The highest BCUT2D eigenvalue weighted by atomic mass is 16.5. The topological polar surface area (TPSA) is 69.7 Å². The summed E-state index contributed by atoms with van der Waals surface area (Å²) in [6, 6.07) is 23.3. The molecule has 6 heteroatoms. The molecule has 4 rings (SSSR count). The van der Waals surface area contributed by atoms with Crippen LogP contribution in [-0.2, 0) is 0 Å².